The Kier molecular flexibility index (Phi) is 6.61. The maximum atomic E-state index is 13.0. The number of piperidine rings is 1. The summed E-state index contributed by atoms with van der Waals surface area (Å²) in [5, 5.41) is 8.87. The van der Waals surface area contributed by atoms with E-state index in [9.17, 15) is 4.79 Å². The van der Waals surface area contributed by atoms with E-state index in [0.29, 0.717) is 0 Å². The average molecular weight is 405 g/mol. The van der Waals surface area contributed by atoms with Crippen LogP contribution in [0.15, 0.2) is 41.8 Å². The van der Waals surface area contributed by atoms with E-state index in [1.54, 1.807) is 11.3 Å². The van der Waals surface area contributed by atoms with Crippen molar-refractivity contribution in [3.8, 4) is 0 Å². The van der Waals surface area contributed by atoms with Crippen LogP contribution < -0.4 is 10.6 Å². The first-order chi connectivity index (χ1) is 12.7. The summed E-state index contributed by atoms with van der Waals surface area (Å²) in [5.74, 6) is 0.439. The third kappa shape index (κ3) is 4.39. The summed E-state index contributed by atoms with van der Waals surface area (Å²) in [6.45, 7) is 4.31. The van der Waals surface area contributed by atoms with Crippen molar-refractivity contribution >= 4 is 29.7 Å². The molecule has 0 radical (unpaired) electrons. The smallest absolute Gasteiger partial charge is 0.224 e. The summed E-state index contributed by atoms with van der Waals surface area (Å²) in [5.41, 5.74) is 2.82. The van der Waals surface area contributed by atoms with E-state index < -0.39 is 0 Å². The highest BCUT2D eigenvalue weighted by Gasteiger charge is 2.57. The number of hydrogen-bond donors (Lipinski definition) is 2. The second kappa shape index (κ2) is 8.76. The lowest BCUT2D eigenvalue weighted by Gasteiger charge is -2.24. The number of carbonyl (C=O) groups is 1. The first-order valence-corrected chi connectivity index (χ1v) is 10.7. The van der Waals surface area contributed by atoms with Gasteiger partial charge in [0.25, 0.3) is 0 Å². The van der Waals surface area contributed by atoms with Crippen molar-refractivity contribution < 1.29 is 4.79 Å². The quantitative estimate of drug-likeness (QED) is 0.731. The van der Waals surface area contributed by atoms with Crippen molar-refractivity contribution in [2.75, 3.05) is 13.1 Å². The standard InChI is InChI=1S/C22H28N2OS.ClH/c1-2-4-16-6-8-17(9-7-16)20(19-5-3-14-26-19)24-21(25)18-15-22(18)10-12-23-13-11-22;/h3,5-9,14,18,20,23H,2,4,10-13,15H2,1H3,(H,24,25);1H. The predicted molar refractivity (Wildman–Crippen MR) is 115 cm³/mol. The van der Waals surface area contributed by atoms with Crippen LogP contribution in [-0.4, -0.2) is 19.0 Å². The molecule has 1 aromatic heterocycles. The maximum absolute atomic E-state index is 13.0. The van der Waals surface area contributed by atoms with Crippen LogP contribution in [0.4, 0.5) is 0 Å². The number of hydrogen-bond acceptors (Lipinski definition) is 3. The van der Waals surface area contributed by atoms with Crippen LogP contribution in [0.5, 0.6) is 0 Å². The van der Waals surface area contributed by atoms with Crippen molar-refractivity contribution in [2.24, 2.45) is 11.3 Å². The van der Waals surface area contributed by atoms with Gasteiger partial charge >= 0.3 is 0 Å². The van der Waals surface area contributed by atoms with Gasteiger partial charge in [0.2, 0.25) is 5.91 Å². The molecule has 1 spiro atoms. The fourth-order valence-corrected chi connectivity index (χ4v) is 5.18. The molecule has 146 valence electrons. The van der Waals surface area contributed by atoms with Crippen molar-refractivity contribution in [2.45, 2.75) is 45.1 Å². The highest BCUT2D eigenvalue weighted by molar-refractivity contribution is 7.10. The van der Waals surface area contributed by atoms with E-state index in [4.69, 9.17) is 0 Å². The summed E-state index contributed by atoms with van der Waals surface area (Å²) >= 11 is 1.72. The molecule has 2 aromatic rings. The van der Waals surface area contributed by atoms with Crippen molar-refractivity contribution in [3.05, 3.63) is 57.8 Å². The lowest BCUT2D eigenvalue weighted by atomic mass is 9.91. The third-order valence-electron chi connectivity index (χ3n) is 6.07. The zero-order valence-corrected chi connectivity index (χ0v) is 17.5. The molecule has 3 nitrogen and oxygen atoms in total. The zero-order chi connectivity index (χ0) is 18.0. The van der Waals surface area contributed by atoms with Gasteiger partial charge in [0.15, 0.2) is 0 Å². The van der Waals surface area contributed by atoms with Crippen LogP contribution in [0.1, 0.15) is 54.7 Å². The number of nitrogens with one attached hydrogen (secondary N) is 2. The van der Waals surface area contributed by atoms with Gasteiger partial charge in [-0.15, -0.1) is 23.7 Å². The second-order valence-electron chi connectivity index (χ2n) is 7.82. The van der Waals surface area contributed by atoms with Gasteiger partial charge in [-0.1, -0.05) is 43.7 Å². The minimum absolute atomic E-state index is 0. The van der Waals surface area contributed by atoms with Gasteiger partial charge in [0, 0.05) is 10.8 Å². The van der Waals surface area contributed by atoms with Crippen LogP contribution >= 0.6 is 23.7 Å². The Balaban J connectivity index is 0.00000210. The number of carbonyl (C=O) groups excluding carboxylic acids is 1. The van der Waals surface area contributed by atoms with Gasteiger partial charge in [-0.05, 0) is 66.8 Å². The molecule has 2 aliphatic rings. The molecule has 27 heavy (non-hydrogen) atoms. The molecule has 2 heterocycles. The molecule has 1 saturated carbocycles. The molecule has 2 unspecified atom stereocenters. The molecular weight excluding hydrogens is 376 g/mol. The fraction of sp³-hybridized carbons (Fsp3) is 0.500. The normalized spacial score (nSPS) is 21.3. The van der Waals surface area contributed by atoms with Crippen LogP contribution in [-0.2, 0) is 11.2 Å². The molecule has 1 aliphatic carbocycles. The van der Waals surface area contributed by atoms with Crippen LogP contribution in [0.25, 0.3) is 0 Å². The predicted octanol–water partition coefficient (Wildman–Crippen LogP) is 4.72. The Morgan fingerprint density at radius 1 is 1.26 bits per heavy atom. The Morgan fingerprint density at radius 2 is 2.00 bits per heavy atom. The number of benzene rings is 1. The van der Waals surface area contributed by atoms with E-state index in [1.807, 2.05) is 0 Å². The highest BCUT2D eigenvalue weighted by Crippen LogP contribution is 2.58. The minimum Gasteiger partial charge on any atom is -0.344 e. The molecule has 0 bridgehead atoms. The van der Waals surface area contributed by atoms with Crippen LogP contribution in [0.3, 0.4) is 0 Å². The van der Waals surface area contributed by atoms with E-state index in [2.05, 4.69) is 59.3 Å². The number of rotatable bonds is 6. The fourth-order valence-electron chi connectivity index (χ4n) is 4.38. The highest BCUT2D eigenvalue weighted by atomic mass is 35.5. The van der Waals surface area contributed by atoms with E-state index in [1.165, 1.54) is 16.0 Å². The van der Waals surface area contributed by atoms with Gasteiger partial charge in [-0.3, -0.25) is 4.79 Å². The summed E-state index contributed by atoms with van der Waals surface area (Å²) in [6, 6.07) is 12.9. The second-order valence-corrected chi connectivity index (χ2v) is 8.80. The Hall–Kier alpha value is -1.36. The molecule has 1 amide bonds. The van der Waals surface area contributed by atoms with Crippen LogP contribution in [0, 0.1) is 11.3 Å². The van der Waals surface area contributed by atoms with Crippen molar-refractivity contribution in [1.82, 2.24) is 10.6 Å². The van der Waals surface area contributed by atoms with Crippen LogP contribution in [0.2, 0.25) is 0 Å². The molecule has 5 heteroatoms. The largest absolute Gasteiger partial charge is 0.344 e. The summed E-state index contributed by atoms with van der Waals surface area (Å²) < 4.78 is 0. The summed E-state index contributed by atoms with van der Waals surface area (Å²) in [4.78, 5) is 14.2. The first-order valence-electron chi connectivity index (χ1n) is 9.85. The minimum atomic E-state index is -0.0301. The summed E-state index contributed by atoms with van der Waals surface area (Å²) in [7, 11) is 0. The number of thiophene rings is 1. The average Bonchev–Trinajstić information content (AvgIpc) is 3.09. The lowest BCUT2D eigenvalue weighted by Crippen LogP contribution is -2.35. The molecule has 1 saturated heterocycles. The monoisotopic (exact) mass is 404 g/mol. The molecular formula is C22H29ClN2OS. The van der Waals surface area contributed by atoms with E-state index in [0.717, 1.165) is 45.2 Å². The topological polar surface area (TPSA) is 41.1 Å². The molecule has 2 atom stereocenters. The third-order valence-corrected chi connectivity index (χ3v) is 7.01. The zero-order valence-electron chi connectivity index (χ0n) is 15.9. The first kappa shape index (κ1) is 20.4. The molecule has 2 N–H and O–H groups in total. The Morgan fingerprint density at radius 3 is 2.63 bits per heavy atom. The Bertz CT molecular complexity index is 738. The maximum Gasteiger partial charge on any atom is 0.224 e. The lowest BCUT2D eigenvalue weighted by molar-refractivity contribution is -0.123. The molecule has 1 aromatic carbocycles. The van der Waals surface area contributed by atoms with Gasteiger partial charge in [-0.2, -0.15) is 0 Å². The van der Waals surface area contributed by atoms with E-state index in [-0.39, 0.29) is 35.7 Å². The van der Waals surface area contributed by atoms with Crippen molar-refractivity contribution in [3.63, 3.8) is 0 Å². The molecule has 2 fully saturated rings. The molecule has 4 rings (SSSR count). The van der Waals surface area contributed by atoms with Gasteiger partial charge in [0.05, 0.1) is 6.04 Å². The van der Waals surface area contributed by atoms with E-state index >= 15 is 0 Å². The number of amides is 1. The molecule has 1 aliphatic heterocycles. The number of aryl methyl sites for hydroxylation is 1. The SMILES string of the molecule is CCCc1ccc(C(NC(=O)C2CC23CCNCC3)c2cccs2)cc1.Cl. The summed E-state index contributed by atoms with van der Waals surface area (Å²) in [6.07, 6.45) is 5.60. The van der Waals surface area contributed by atoms with Gasteiger partial charge in [0.1, 0.15) is 0 Å². The number of halogens is 1. The Labute approximate surface area is 172 Å². The van der Waals surface area contributed by atoms with Gasteiger partial charge < -0.3 is 10.6 Å². The van der Waals surface area contributed by atoms with Gasteiger partial charge in [-0.25, -0.2) is 0 Å². The van der Waals surface area contributed by atoms with Crippen molar-refractivity contribution in [1.29, 1.82) is 0 Å².